The standard InChI is InChI=1S/C14H25N3O3/c1-14(12(18)19)7-3-4-11(14)16-13(20)17(2)10-5-8-15-9-6-10/h10-11,15H,3-9H2,1-2H3,(H,16,20)(H,18,19). The largest absolute Gasteiger partial charge is 0.481 e. The van der Waals surface area contributed by atoms with Gasteiger partial charge in [-0.15, -0.1) is 0 Å². The second-order valence-electron chi connectivity index (χ2n) is 6.21. The van der Waals surface area contributed by atoms with Gasteiger partial charge in [-0.1, -0.05) is 6.42 Å². The van der Waals surface area contributed by atoms with E-state index >= 15 is 0 Å². The lowest BCUT2D eigenvalue weighted by Crippen LogP contribution is -2.54. The molecule has 2 aliphatic rings. The van der Waals surface area contributed by atoms with Crippen molar-refractivity contribution in [1.82, 2.24) is 15.5 Å². The van der Waals surface area contributed by atoms with E-state index in [1.165, 1.54) is 0 Å². The molecule has 2 fully saturated rings. The molecule has 0 bridgehead atoms. The fourth-order valence-corrected chi connectivity index (χ4v) is 3.26. The van der Waals surface area contributed by atoms with Crippen molar-refractivity contribution < 1.29 is 14.7 Å². The van der Waals surface area contributed by atoms with Crippen LogP contribution >= 0.6 is 0 Å². The molecule has 1 aliphatic carbocycles. The van der Waals surface area contributed by atoms with Gasteiger partial charge in [0.15, 0.2) is 0 Å². The smallest absolute Gasteiger partial charge is 0.317 e. The summed E-state index contributed by atoms with van der Waals surface area (Å²) in [6, 6.07) is -0.165. The summed E-state index contributed by atoms with van der Waals surface area (Å²) in [7, 11) is 1.80. The minimum absolute atomic E-state index is 0.142. The number of carboxylic acid groups (broad SMARTS) is 1. The van der Waals surface area contributed by atoms with E-state index in [0.717, 1.165) is 38.8 Å². The van der Waals surface area contributed by atoms with Gasteiger partial charge in [-0.25, -0.2) is 4.79 Å². The van der Waals surface area contributed by atoms with Gasteiger partial charge in [-0.05, 0) is 45.7 Å². The molecule has 6 nitrogen and oxygen atoms in total. The van der Waals surface area contributed by atoms with Crippen LogP contribution in [-0.2, 0) is 4.79 Å². The van der Waals surface area contributed by atoms with Crippen LogP contribution in [0.1, 0.15) is 39.0 Å². The normalized spacial score (nSPS) is 31.0. The fourth-order valence-electron chi connectivity index (χ4n) is 3.26. The Kier molecular flexibility index (Phi) is 4.52. The molecule has 2 rings (SSSR count). The molecule has 1 saturated carbocycles. The van der Waals surface area contributed by atoms with E-state index < -0.39 is 11.4 Å². The van der Waals surface area contributed by atoms with Gasteiger partial charge in [-0.2, -0.15) is 0 Å². The molecule has 3 N–H and O–H groups in total. The monoisotopic (exact) mass is 283 g/mol. The molecule has 0 aromatic rings. The Morgan fingerprint density at radius 3 is 2.55 bits per heavy atom. The first-order valence-electron chi connectivity index (χ1n) is 7.42. The van der Waals surface area contributed by atoms with Crippen LogP contribution in [0.3, 0.4) is 0 Å². The highest BCUT2D eigenvalue weighted by Crippen LogP contribution is 2.38. The number of rotatable bonds is 3. The number of hydrogen-bond donors (Lipinski definition) is 3. The minimum Gasteiger partial charge on any atom is -0.481 e. The van der Waals surface area contributed by atoms with Crippen molar-refractivity contribution in [2.45, 2.75) is 51.1 Å². The van der Waals surface area contributed by atoms with E-state index in [4.69, 9.17) is 0 Å². The van der Waals surface area contributed by atoms with Gasteiger partial charge in [0, 0.05) is 19.1 Å². The second-order valence-corrected chi connectivity index (χ2v) is 6.21. The fraction of sp³-hybridized carbons (Fsp3) is 0.857. The van der Waals surface area contributed by atoms with Gasteiger partial charge in [0.05, 0.1) is 5.41 Å². The lowest BCUT2D eigenvalue weighted by atomic mass is 9.85. The van der Waals surface area contributed by atoms with Gasteiger partial charge in [-0.3, -0.25) is 4.79 Å². The Balaban J connectivity index is 1.95. The Morgan fingerprint density at radius 1 is 1.30 bits per heavy atom. The SMILES string of the molecule is CN(C(=O)NC1CCCC1(C)C(=O)O)C1CCNCC1. The maximum Gasteiger partial charge on any atom is 0.317 e. The zero-order valence-electron chi connectivity index (χ0n) is 12.3. The number of carbonyl (C=O) groups is 2. The van der Waals surface area contributed by atoms with Gasteiger partial charge in [0.25, 0.3) is 0 Å². The molecule has 0 aromatic carbocycles. The molecule has 114 valence electrons. The molecule has 1 heterocycles. The van der Waals surface area contributed by atoms with Crippen LogP contribution in [0.2, 0.25) is 0 Å². The van der Waals surface area contributed by atoms with Crippen molar-refractivity contribution in [3.05, 3.63) is 0 Å². The number of amides is 2. The lowest BCUT2D eigenvalue weighted by molar-refractivity contribution is -0.148. The summed E-state index contributed by atoms with van der Waals surface area (Å²) >= 11 is 0. The summed E-state index contributed by atoms with van der Waals surface area (Å²) in [6.45, 7) is 3.59. The molecule has 2 amide bonds. The van der Waals surface area contributed by atoms with E-state index in [1.54, 1.807) is 18.9 Å². The van der Waals surface area contributed by atoms with Crippen molar-refractivity contribution in [3.63, 3.8) is 0 Å². The number of hydrogen-bond acceptors (Lipinski definition) is 3. The van der Waals surface area contributed by atoms with Gasteiger partial charge in [0.2, 0.25) is 0 Å². The summed E-state index contributed by atoms with van der Waals surface area (Å²) in [5.41, 5.74) is -0.829. The average molecular weight is 283 g/mol. The number of aliphatic carboxylic acids is 1. The number of nitrogens with zero attached hydrogens (tertiary/aromatic N) is 1. The Labute approximate surface area is 119 Å². The summed E-state index contributed by atoms with van der Waals surface area (Å²) in [5, 5.41) is 15.6. The summed E-state index contributed by atoms with van der Waals surface area (Å²) in [5.74, 6) is -0.815. The number of carboxylic acids is 1. The minimum atomic E-state index is -0.829. The predicted molar refractivity (Wildman–Crippen MR) is 75.6 cm³/mol. The molecule has 6 heteroatoms. The number of urea groups is 1. The van der Waals surface area contributed by atoms with Crippen LogP contribution in [0.5, 0.6) is 0 Å². The molecule has 0 radical (unpaired) electrons. The van der Waals surface area contributed by atoms with E-state index in [2.05, 4.69) is 10.6 Å². The Hall–Kier alpha value is -1.30. The number of nitrogens with one attached hydrogen (secondary N) is 2. The summed E-state index contributed by atoms with van der Waals surface area (Å²) in [4.78, 5) is 25.5. The van der Waals surface area contributed by atoms with Crippen molar-refractivity contribution in [2.75, 3.05) is 20.1 Å². The van der Waals surface area contributed by atoms with Crippen LogP contribution in [0.4, 0.5) is 4.79 Å². The maximum absolute atomic E-state index is 12.3. The summed E-state index contributed by atoms with van der Waals surface area (Å²) < 4.78 is 0. The molecular weight excluding hydrogens is 258 g/mol. The average Bonchev–Trinajstić information content (AvgIpc) is 2.81. The van der Waals surface area contributed by atoms with E-state index in [9.17, 15) is 14.7 Å². The molecule has 1 saturated heterocycles. The van der Waals surface area contributed by atoms with Crippen LogP contribution in [0.15, 0.2) is 0 Å². The number of piperidine rings is 1. The highest BCUT2D eigenvalue weighted by atomic mass is 16.4. The van der Waals surface area contributed by atoms with Crippen molar-refractivity contribution in [1.29, 1.82) is 0 Å². The molecule has 1 aliphatic heterocycles. The van der Waals surface area contributed by atoms with Gasteiger partial charge < -0.3 is 20.6 Å². The maximum atomic E-state index is 12.3. The highest BCUT2D eigenvalue weighted by molar-refractivity contribution is 5.79. The van der Waals surface area contributed by atoms with Crippen molar-refractivity contribution in [3.8, 4) is 0 Å². The van der Waals surface area contributed by atoms with E-state index in [0.29, 0.717) is 6.42 Å². The molecular formula is C14H25N3O3. The second kappa shape index (κ2) is 5.99. The molecule has 2 unspecified atom stereocenters. The van der Waals surface area contributed by atoms with Crippen molar-refractivity contribution in [2.24, 2.45) is 5.41 Å². The van der Waals surface area contributed by atoms with E-state index in [-0.39, 0.29) is 18.1 Å². The highest BCUT2D eigenvalue weighted by Gasteiger charge is 2.46. The van der Waals surface area contributed by atoms with Crippen LogP contribution in [0.25, 0.3) is 0 Å². The molecule has 20 heavy (non-hydrogen) atoms. The Morgan fingerprint density at radius 2 is 1.95 bits per heavy atom. The Bertz CT molecular complexity index is 382. The first-order chi connectivity index (χ1) is 9.45. The first kappa shape index (κ1) is 15.1. The third-order valence-corrected chi connectivity index (χ3v) is 4.92. The number of carbonyl (C=O) groups excluding carboxylic acids is 1. The van der Waals surface area contributed by atoms with Gasteiger partial charge >= 0.3 is 12.0 Å². The molecule has 0 aromatic heterocycles. The lowest BCUT2D eigenvalue weighted by Gasteiger charge is -2.34. The first-order valence-corrected chi connectivity index (χ1v) is 7.42. The third kappa shape index (κ3) is 2.90. The van der Waals surface area contributed by atoms with Crippen LogP contribution in [-0.4, -0.2) is 54.2 Å². The molecule has 2 atom stereocenters. The van der Waals surface area contributed by atoms with Gasteiger partial charge in [0.1, 0.15) is 0 Å². The topological polar surface area (TPSA) is 81.7 Å². The molecule has 0 spiro atoms. The predicted octanol–water partition coefficient (Wildman–Crippen LogP) is 1.02. The van der Waals surface area contributed by atoms with Crippen molar-refractivity contribution >= 4 is 12.0 Å². The van der Waals surface area contributed by atoms with Crippen LogP contribution < -0.4 is 10.6 Å². The third-order valence-electron chi connectivity index (χ3n) is 4.92. The van der Waals surface area contributed by atoms with E-state index in [1.807, 2.05) is 0 Å². The summed E-state index contributed by atoms with van der Waals surface area (Å²) in [6.07, 6.45) is 4.12. The zero-order chi connectivity index (χ0) is 14.8. The quantitative estimate of drug-likeness (QED) is 0.722. The zero-order valence-corrected chi connectivity index (χ0v) is 12.3. The van der Waals surface area contributed by atoms with Crippen LogP contribution in [0, 0.1) is 5.41 Å².